The highest BCUT2D eigenvalue weighted by Gasteiger charge is 2.53. The summed E-state index contributed by atoms with van der Waals surface area (Å²) in [5, 5.41) is 2.54. The summed E-state index contributed by atoms with van der Waals surface area (Å²) < 4.78 is 16.4. The van der Waals surface area contributed by atoms with Crippen molar-refractivity contribution in [3.8, 4) is 45.3 Å². The number of benzene rings is 8. The molecule has 2 heterocycles. The fourth-order valence-corrected chi connectivity index (χ4v) is 10.3. The van der Waals surface area contributed by atoms with Gasteiger partial charge in [-0.3, -0.25) is 0 Å². The number of fused-ring (bicyclic) bond motifs is 16. The summed E-state index contributed by atoms with van der Waals surface area (Å²) in [7, 11) is 0. The Morgan fingerprint density at radius 1 is 0.396 bits per heavy atom. The Bertz CT molecular complexity index is 2930. The van der Waals surface area contributed by atoms with Crippen LogP contribution in [0.2, 0.25) is 0 Å². The third kappa shape index (κ3) is 3.88. The van der Waals surface area contributed by atoms with E-state index >= 15 is 0 Å². The predicted octanol–water partition coefficient (Wildman–Crippen LogP) is 13.8. The van der Waals surface area contributed by atoms with E-state index in [0.717, 1.165) is 34.1 Å². The largest absolute Gasteiger partial charge is 0.449 e. The molecule has 3 nitrogen and oxygen atoms in total. The average Bonchev–Trinajstić information content (AvgIpc) is 3.85. The Labute approximate surface area is 310 Å². The number of thiophene rings is 1. The molecule has 248 valence electrons. The molecule has 4 heteroatoms. The van der Waals surface area contributed by atoms with E-state index in [1.807, 2.05) is 17.4 Å². The lowest BCUT2D eigenvalue weighted by Crippen LogP contribution is -2.25. The molecule has 3 aliphatic rings. The van der Waals surface area contributed by atoms with Gasteiger partial charge in [0, 0.05) is 43.2 Å². The Morgan fingerprint density at radius 3 is 1.79 bits per heavy atom. The number of para-hydroxylation sites is 1. The van der Waals surface area contributed by atoms with Crippen LogP contribution in [0.25, 0.3) is 42.4 Å². The Kier molecular flexibility index (Phi) is 5.86. The van der Waals surface area contributed by atoms with E-state index in [1.165, 1.54) is 59.1 Å². The predicted molar refractivity (Wildman–Crippen MR) is 217 cm³/mol. The van der Waals surface area contributed by atoms with Gasteiger partial charge >= 0.3 is 0 Å². The zero-order valence-corrected chi connectivity index (χ0v) is 29.2. The van der Waals surface area contributed by atoms with Crippen molar-refractivity contribution in [1.29, 1.82) is 0 Å². The van der Waals surface area contributed by atoms with Gasteiger partial charge in [0.1, 0.15) is 0 Å². The molecule has 8 aromatic carbocycles. The standard InChI is InChI=1S/C49H29NO2S/c1-2-12-30(13-3-1)50(31-23-27-46-37(28-31)35-16-7-11-21-45(35)53-46)32-22-25-42-44(29-32)52-48-43(51-42)26-24-41-47(48)36-17-6-10-20-40(36)49(41)38-18-8-4-14-33(38)34-15-5-9-19-39(34)49/h1-29H. The Morgan fingerprint density at radius 2 is 1.00 bits per heavy atom. The molecule has 0 atom stereocenters. The highest BCUT2D eigenvalue weighted by Crippen LogP contribution is 2.66. The maximum atomic E-state index is 7.08. The average molecular weight is 696 g/mol. The van der Waals surface area contributed by atoms with Crippen LogP contribution in [0.15, 0.2) is 176 Å². The number of ether oxygens (including phenoxy) is 2. The van der Waals surface area contributed by atoms with Gasteiger partial charge in [0.25, 0.3) is 0 Å². The Balaban J connectivity index is 1.03. The van der Waals surface area contributed by atoms with Gasteiger partial charge < -0.3 is 14.4 Å². The van der Waals surface area contributed by atoms with Gasteiger partial charge in [-0.2, -0.15) is 0 Å². The van der Waals surface area contributed by atoms with Crippen LogP contribution >= 0.6 is 11.3 Å². The number of hydrogen-bond donors (Lipinski definition) is 0. The first-order chi connectivity index (χ1) is 26.3. The van der Waals surface area contributed by atoms with E-state index in [-0.39, 0.29) is 0 Å². The van der Waals surface area contributed by atoms with Gasteiger partial charge in [-0.1, -0.05) is 115 Å². The molecule has 0 fully saturated rings. The smallest absolute Gasteiger partial charge is 0.178 e. The molecule has 1 spiro atoms. The molecule has 0 bridgehead atoms. The molecule has 0 unspecified atom stereocenters. The second kappa shape index (κ2) is 10.7. The topological polar surface area (TPSA) is 21.7 Å². The molecular weight excluding hydrogens is 667 g/mol. The van der Waals surface area contributed by atoms with Crippen LogP contribution in [0.3, 0.4) is 0 Å². The van der Waals surface area contributed by atoms with Gasteiger partial charge in [0.05, 0.1) is 11.1 Å². The molecule has 2 aliphatic carbocycles. The molecule has 53 heavy (non-hydrogen) atoms. The van der Waals surface area contributed by atoms with Crippen LogP contribution in [0.1, 0.15) is 22.3 Å². The SMILES string of the molecule is c1ccc(N(c2ccc3c(c2)Oc2c(ccc4c2-c2ccccc2C42c4ccccc4-c4ccccc42)O3)c2ccc3sc4ccccc4c3c2)cc1. The molecule has 12 rings (SSSR count). The number of rotatable bonds is 3. The molecule has 9 aromatic rings. The summed E-state index contributed by atoms with van der Waals surface area (Å²) in [6, 6.07) is 63.2. The summed E-state index contributed by atoms with van der Waals surface area (Å²) in [5.74, 6) is 2.88. The maximum Gasteiger partial charge on any atom is 0.178 e. The van der Waals surface area contributed by atoms with E-state index in [4.69, 9.17) is 9.47 Å². The normalized spacial score (nSPS) is 13.7. The minimum absolute atomic E-state index is 0.450. The fraction of sp³-hybridized carbons (Fsp3) is 0.0204. The second-order valence-electron chi connectivity index (χ2n) is 14.0. The van der Waals surface area contributed by atoms with Gasteiger partial charge in [-0.15, -0.1) is 11.3 Å². The summed E-state index contributed by atoms with van der Waals surface area (Å²) in [6.07, 6.45) is 0. The van der Waals surface area contributed by atoms with Crippen LogP contribution in [0.5, 0.6) is 23.0 Å². The van der Waals surface area contributed by atoms with Gasteiger partial charge in [-0.05, 0) is 93.5 Å². The monoisotopic (exact) mass is 695 g/mol. The van der Waals surface area contributed by atoms with Gasteiger partial charge in [0.15, 0.2) is 23.0 Å². The lowest BCUT2D eigenvalue weighted by molar-refractivity contribution is 0.360. The lowest BCUT2D eigenvalue weighted by atomic mass is 9.70. The van der Waals surface area contributed by atoms with Crippen LogP contribution in [-0.4, -0.2) is 0 Å². The number of nitrogens with zero attached hydrogens (tertiary/aromatic N) is 1. The van der Waals surface area contributed by atoms with Crippen molar-refractivity contribution < 1.29 is 9.47 Å². The minimum atomic E-state index is -0.450. The van der Waals surface area contributed by atoms with E-state index in [9.17, 15) is 0 Å². The molecule has 1 aliphatic heterocycles. The first-order valence-electron chi connectivity index (χ1n) is 18.0. The van der Waals surface area contributed by atoms with Gasteiger partial charge in [-0.25, -0.2) is 0 Å². The third-order valence-electron chi connectivity index (χ3n) is 11.3. The van der Waals surface area contributed by atoms with Crippen LogP contribution in [0, 0.1) is 0 Å². The van der Waals surface area contributed by atoms with E-state index in [0.29, 0.717) is 11.5 Å². The van der Waals surface area contributed by atoms with Crippen LogP contribution in [0.4, 0.5) is 17.1 Å². The molecule has 0 saturated heterocycles. The molecule has 0 N–H and O–H groups in total. The highest BCUT2D eigenvalue weighted by atomic mass is 32.1. The van der Waals surface area contributed by atoms with Crippen molar-refractivity contribution in [2.75, 3.05) is 4.90 Å². The summed E-state index contributed by atoms with van der Waals surface area (Å²) in [6.45, 7) is 0. The van der Waals surface area contributed by atoms with Crippen molar-refractivity contribution in [2.24, 2.45) is 0 Å². The fourth-order valence-electron chi connectivity index (χ4n) is 9.22. The quantitative estimate of drug-likeness (QED) is 0.184. The number of hydrogen-bond acceptors (Lipinski definition) is 4. The van der Waals surface area contributed by atoms with Crippen molar-refractivity contribution in [1.82, 2.24) is 0 Å². The van der Waals surface area contributed by atoms with E-state index in [2.05, 4.69) is 175 Å². The van der Waals surface area contributed by atoms with E-state index in [1.54, 1.807) is 0 Å². The van der Waals surface area contributed by atoms with Crippen molar-refractivity contribution in [3.63, 3.8) is 0 Å². The molecule has 1 aromatic heterocycles. The zero-order chi connectivity index (χ0) is 34.7. The lowest BCUT2D eigenvalue weighted by Gasteiger charge is -2.31. The first-order valence-corrected chi connectivity index (χ1v) is 18.8. The van der Waals surface area contributed by atoms with E-state index < -0.39 is 5.41 Å². The molecule has 0 amide bonds. The second-order valence-corrected chi connectivity index (χ2v) is 15.1. The van der Waals surface area contributed by atoms with Crippen LogP contribution in [-0.2, 0) is 5.41 Å². The highest BCUT2D eigenvalue weighted by molar-refractivity contribution is 7.25. The zero-order valence-electron chi connectivity index (χ0n) is 28.4. The van der Waals surface area contributed by atoms with Crippen molar-refractivity contribution in [2.45, 2.75) is 5.41 Å². The van der Waals surface area contributed by atoms with Crippen molar-refractivity contribution >= 4 is 48.6 Å². The van der Waals surface area contributed by atoms with Gasteiger partial charge in [0.2, 0.25) is 0 Å². The molecular formula is C49H29NO2S. The minimum Gasteiger partial charge on any atom is -0.449 e. The summed E-state index contributed by atoms with van der Waals surface area (Å²) in [5.41, 5.74) is 12.6. The molecule has 0 radical (unpaired) electrons. The van der Waals surface area contributed by atoms with Crippen molar-refractivity contribution in [3.05, 3.63) is 198 Å². The number of anilines is 3. The Hall–Kier alpha value is -6.62. The summed E-state index contributed by atoms with van der Waals surface area (Å²) >= 11 is 1.84. The maximum absolute atomic E-state index is 7.08. The first kappa shape index (κ1) is 29.0. The summed E-state index contributed by atoms with van der Waals surface area (Å²) in [4.78, 5) is 2.30. The molecule has 0 saturated carbocycles. The third-order valence-corrected chi connectivity index (χ3v) is 12.5. The van der Waals surface area contributed by atoms with Crippen LogP contribution < -0.4 is 14.4 Å².